The second kappa shape index (κ2) is 22.5. The van der Waals surface area contributed by atoms with Crippen LogP contribution in [0.15, 0.2) is 30.5 Å². The lowest BCUT2D eigenvalue weighted by molar-refractivity contribution is -0.142. The SMILES string of the molecule is CCCCCCCC[C@H](N)CNCC[C@H](N)C(=O)N[C@H](Cc1c[nH]c2ccccc12)C(=O)NCC[C@@H](NC(=O)CCCC(=O)O)C(=O)O. The molecule has 2 rings (SSSR count). The van der Waals surface area contributed by atoms with Gasteiger partial charge >= 0.3 is 11.9 Å². The van der Waals surface area contributed by atoms with Crippen LogP contribution in [0.3, 0.4) is 0 Å². The van der Waals surface area contributed by atoms with Gasteiger partial charge in [0.15, 0.2) is 0 Å². The van der Waals surface area contributed by atoms with Gasteiger partial charge in [0, 0.05) is 55.5 Å². The molecule has 0 unspecified atom stereocenters. The lowest BCUT2D eigenvalue weighted by atomic mass is 10.0. The number of fused-ring (bicyclic) bond motifs is 1. The molecule has 14 nitrogen and oxygen atoms in total. The molecule has 48 heavy (non-hydrogen) atoms. The highest BCUT2D eigenvalue weighted by atomic mass is 16.4. The van der Waals surface area contributed by atoms with Crippen molar-refractivity contribution in [2.24, 2.45) is 11.5 Å². The number of nitrogens with one attached hydrogen (secondary N) is 5. The highest BCUT2D eigenvalue weighted by Gasteiger charge is 2.26. The summed E-state index contributed by atoms with van der Waals surface area (Å²) in [5.74, 6) is -3.96. The molecule has 1 aromatic carbocycles. The van der Waals surface area contributed by atoms with Gasteiger partial charge in [-0.3, -0.25) is 19.2 Å². The Hall–Kier alpha value is -4.01. The third-order valence-electron chi connectivity index (χ3n) is 8.20. The number of aromatic amines is 1. The number of aliphatic carboxylic acids is 2. The van der Waals surface area contributed by atoms with Gasteiger partial charge in [0.2, 0.25) is 17.7 Å². The van der Waals surface area contributed by atoms with E-state index >= 15 is 0 Å². The zero-order chi connectivity index (χ0) is 35.3. The van der Waals surface area contributed by atoms with Crippen molar-refractivity contribution >= 4 is 40.6 Å². The Bertz CT molecular complexity index is 1300. The molecule has 1 heterocycles. The Labute approximate surface area is 282 Å². The van der Waals surface area contributed by atoms with Crippen LogP contribution in [0.1, 0.15) is 89.5 Å². The lowest BCUT2D eigenvalue weighted by Crippen LogP contribution is -2.53. The number of hydrogen-bond acceptors (Lipinski definition) is 8. The summed E-state index contributed by atoms with van der Waals surface area (Å²) in [4.78, 5) is 64.1. The number of H-pyrrole nitrogens is 1. The molecule has 0 aliphatic rings. The number of para-hydroxylation sites is 1. The Morgan fingerprint density at radius 2 is 1.54 bits per heavy atom. The molecule has 0 aliphatic carbocycles. The molecular formula is C34H55N7O7. The number of carboxylic acid groups (broad SMARTS) is 2. The number of amides is 3. The van der Waals surface area contributed by atoms with E-state index in [0.29, 0.717) is 19.5 Å². The van der Waals surface area contributed by atoms with E-state index < -0.39 is 47.8 Å². The summed E-state index contributed by atoms with van der Waals surface area (Å²) < 4.78 is 0. The summed E-state index contributed by atoms with van der Waals surface area (Å²) in [6, 6.07) is 4.42. The summed E-state index contributed by atoms with van der Waals surface area (Å²) in [6.45, 7) is 3.20. The summed E-state index contributed by atoms with van der Waals surface area (Å²) in [7, 11) is 0. The van der Waals surface area contributed by atoms with Crippen LogP contribution in [-0.2, 0) is 30.4 Å². The number of nitrogens with two attached hydrogens (primary N) is 2. The number of aromatic nitrogens is 1. The van der Waals surface area contributed by atoms with Gasteiger partial charge in [-0.15, -0.1) is 0 Å². The molecule has 0 bridgehead atoms. The number of rotatable bonds is 26. The zero-order valence-corrected chi connectivity index (χ0v) is 28.1. The zero-order valence-electron chi connectivity index (χ0n) is 28.1. The Kier molecular flexibility index (Phi) is 18.9. The smallest absolute Gasteiger partial charge is 0.326 e. The first-order valence-corrected chi connectivity index (χ1v) is 17.1. The van der Waals surface area contributed by atoms with Crippen molar-refractivity contribution in [1.29, 1.82) is 0 Å². The fourth-order valence-electron chi connectivity index (χ4n) is 5.36. The van der Waals surface area contributed by atoms with Crippen LogP contribution in [0.25, 0.3) is 10.9 Å². The number of benzene rings is 1. The maximum Gasteiger partial charge on any atom is 0.326 e. The molecule has 14 heteroatoms. The van der Waals surface area contributed by atoms with E-state index in [1.54, 1.807) is 6.20 Å². The number of carboxylic acids is 2. The van der Waals surface area contributed by atoms with Gasteiger partial charge < -0.3 is 47.9 Å². The predicted molar refractivity (Wildman–Crippen MR) is 184 cm³/mol. The first kappa shape index (κ1) is 40.2. The van der Waals surface area contributed by atoms with Crippen molar-refractivity contribution in [2.45, 2.75) is 115 Å². The predicted octanol–water partition coefficient (Wildman–Crippen LogP) is 1.91. The van der Waals surface area contributed by atoms with Crippen LogP contribution in [-0.4, -0.2) is 88.7 Å². The number of unbranched alkanes of at least 4 members (excludes halogenated alkanes) is 5. The van der Waals surface area contributed by atoms with E-state index in [0.717, 1.165) is 29.3 Å². The van der Waals surface area contributed by atoms with Gasteiger partial charge in [0.05, 0.1) is 6.04 Å². The van der Waals surface area contributed by atoms with Crippen LogP contribution in [0, 0.1) is 0 Å². The Balaban J connectivity index is 1.91. The molecule has 0 spiro atoms. The largest absolute Gasteiger partial charge is 0.481 e. The molecule has 0 saturated carbocycles. The van der Waals surface area contributed by atoms with Crippen LogP contribution in [0.2, 0.25) is 0 Å². The van der Waals surface area contributed by atoms with Gasteiger partial charge in [-0.2, -0.15) is 0 Å². The van der Waals surface area contributed by atoms with Crippen molar-refractivity contribution in [3.63, 3.8) is 0 Å². The van der Waals surface area contributed by atoms with Crippen molar-refractivity contribution in [2.75, 3.05) is 19.6 Å². The first-order valence-electron chi connectivity index (χ1n) is 17.1. The van der Waals surface area contributed by atoms with Crippen LogP contribution in [0.5, 0.6) is 0 Å². The molecule has 0 aliphatic heterocycles. The van der Waals surface area contributed by atoms with Crippen LogP contribution >= 0.6 is 0 Å². The van der Waals surface area contributed by atoms with Crippen LogP contribution < -0.4 is 32.7 Å². The fourth-order valence-corrected chi connectivity index (χ4v) is 5.36. The van der Waals surface area contributed by atoms with Crippen molar-refractivity contribution < 1.29 is 34.2 Å². The standard InChI is InChI=1S/C34H55N7O7/c1-2-3-4-5-6-7-11-24(35)22-37-18-16-26(36)32(45)41-29(20-23-21-39-27-13-9-8-12-25(23)27)33(46)38-19-17-28(34(47)48)40-30(42)14-10-15-31(43)44/h8-9,12-13,21,24,26,28-29,37,39H,2-7,10-11,14-20,22,35-36H2,1H3,(H,38,46)(H,40,42)(H,41,45)(H,43,44)(H,47,48)/t24-,26-,28+,29+/m0/s1. The summed E-state index contributed by atoms with van der Waals surface area (Å²) in [5.41, 5.74) is 14.1. The molecule has 4 atom stereocenters. The van der Waals surface area contributed by atoms with E-state index in [4.69, 9.17) is 16.6 Å². The Morgan fingerprint density at radius 3 is 2.27 bits per heavy atom. The highest BCUT2D eigenvalue weighted by Crippen LogP contribution is 2.19. The quantitative estimate of drug-likeness (QED) is 0.0657. The molecule has 1 aromatic heterocycles. The van der Waals surface area contributed by atoms with Gasteiger partial charge in [-0.25, -0.2) is 4.79 Å². The molecule has 0 saturated heterocycles. The highest BCUT2D eigenvalue weighted by molar-refractivity contribution is 5.91. The van der Waals surface area contributed by atoms with E-state index in [9.17, 15) is 29.1 Å². The number of carbonyl (C=O) groups excluding carboxylic acids is 3. The van der Waals surface area contributed by atoms with Gasteiger partial charge in [-0.1, -0.05) is 63.6 Å². The van der Waals surface area contributed by atoms with E-state index in [1.165, 1.54) is 32.1 Å². The minimum Gasteiger partial charge on any atom is -0.481 e. The molecule has 268 valence electrons. The minimum absolute atomic E-state index is 0.0245. The van der Waals surface area contributed by atoms with E-state index in [-0.39, 0.29) is 44.7 Å². The number of carbonyl (C=O) groups is 5. The second-order valence-electron chi connectivity index (χ2n) is 12.3. The average Bonchev–Trinajstić information content (AvgIpc) is 3.46. The molecule has 0 fully saturated rings. The fraction of sp³-hybridized carbons (Fsp3) is 0.618. The van der Waals surface area contributed by atoms with Crippen molar-refractivity contribution in [1.82, 2.24) is 26.3 Å². The lowest BCUT2D eigenvalue weighted by Gasteiger charge is -2.22. The molecule has 11 N–H and O–H groups in total. The van der Waals surface area contributed by atoms with Crippen molar-refractivity contribution in [3.8, 4) is 0 Å². The van der Waals surface area contributed by atoms with Crippen LogP contribution in [0.4, 0.5) is 0 Å². The summed E-state index contributed by atoms with van der Waals surface area (Å²) in [5, 5.41) is 30.2. The topological polar surface area (TPSA) is 242 Å². The van der Waals surface area contributed by atoms with E-state index in [1.807, 2.05) is 24.3 Å². The maximum atomic E-state index is 13.3. The van der Waals surface area contributed by atoms with E-state index in [2.05, 4.69) is 33.2 Å². The molecule has 0 radical (unpaired) electrons. The minimum atomic E-state index is -1.29. The maximum absolute atomic E-state index is 13.3. The first-order chi connectivity index (χ1) is 23.0. The molecule has 3 amide bonds. The van der Waals surface area contributed by atoms with Gasteiger partial charge in [-0.05, 0) is 43.9 Å². The van der Waals surface area contributed by atoms with Gasteiger partial charge in [0.1, 0.15) is 12.1 Å². The van der Waals surface area contributed by atoms with Gasteiger partial charge in [0.25, 0.3) is 0 Å². The third-order valence-corrected chi connectivity index (χ3v) is 8.20. The summed E-state index contributed by atoms with van der Waals surface area (Å²) in [6.07, 6.45) is 10.1. The number of hydrogen-bond donors (Lipinski definition) is 9. The third kappa shape index (κ3) is 15.7. The normalized spacial score (nSPS) is 13.7. The summed E-state index contributed by atoms with van der Waals surface area (Å²) >= 11 is 0. The molecule has 2 aromatic rings. The Morgan fingerprint density at radius 1 is 0.812 bits per heavy atom. The van der Waals surface area contributed by atoms with Crippen molar-refractivity contribution in [3.05, 3.63) is 36.0 Å². The monoisotopic (exact) mass is 673 g/mol. The second-order valence-corrected chi connectivity index (χ2v) is 12.3. The molecular weight excluding hydrogens is 618 g/mol. The average molecular weight is 674 g/mol.